The first-order valence-electron chi connectivity index (χ1n) is 10.7. The van der Waals surface area contributed by atoms with Crippen molar-refractivity contribution < 1.29 is 28.7 Å². The molecule has 0 radical (unpaired) electrons. The van der Waals surface area contributed by atoms with Crippen molar-refractivity contribution in [2.24, 2.45) is 0 Å². The highest BCUT2D eigenvalue weighted by molar-refractivity contribution is 5.79. The zero-order valence-corrected chi connectivity index (χ0v) is 19.3. The van der Waals surface area contributed by atoms with E-state index in [4.69, 9.17) is 14.3 Å². The number of hydrogen-bond donors (Lipinski definition) is 2. The number of rotatable bonds is 11. The summed E-state index contributed by atoms with van der Waals surface area (Å²) in [7, 11) is 0. The topological polar surface area (TPSA) is 106 Å². The van der Waals surface area contributed by atoms with Gasteiger partial charge in [0.05, 0.1) is 12.2 Å². The molecule has 174 valence electrons. The zero-order chi connectivity index (χ0) is 22.8. The van der Waals surface area contributed by atoms with Gasteiger partial charge in [-0.05, 0) is 60.8 Å². The third-order valence-corrected chi connectivity index (χ3v) is 4.17. The van der Waals surface area contributed by atoms with Crippen LogP contribution in [0.3, 0.4) is 0 Å². The Balaban J connectivity index is 2.63. The van der Waals surface area contributed by atoms with Gasteiger partial charge in [0.2, 0.25) is 6.41 Å². The molecule has 0 aliphatic carbocycles. The van der Waals surface area contributed by atoms with Crippen LogP contribution in [0.15, 0.2) is 0 Å². The van der Waals surface area contributed by atoms with Gasteiger partial charge in [-0.2, -0.15) is 0 Å². The van der Waals surface area contributed by atoms with E-state index in [0.29, 0.717) is 18.9 Å². The Bertz CT molecular complexity index is 550. The van der Waals surface area contributed by atoms with Crippen molar-refractivity contribution in [2.45, 2.75) is 90.5 Å². The number of esters is 2. The van der Waals surface area contributed by atoms with Crippen LogP contribution in [-0.2, 0) is 28.7 Å². The Kier molecular flexibility index (Phi) is 10.7. The van der Waals surface area contributed by atoms with E-state index in [-0.39, 0.29) is 19.4 Å². The minimum absolute atomic E-state index is 0.0352. The lowest BCUT2D eigenvalue weighted by Gasteiger charge is -2.31. The molecule has 0 bridgehead atoms. The van der Waals surface area contributed by atoms with Crippen LogP contribution in [0.4, 0.5) is 0 Å². The molecule has 2 atom stereocenters. The van der Waals surface area contributed by atoms with Crippen LogP contribution in [0.5, 0.6) is 0 Å². The molecule has 2 N–H and O–H groups in total. The van der Waals surface area contributed by atoms with Crippen molar-refractivity contribution in [3.8, 4) is 0 Å². The maximum Gasteiger partial charge on any atom is 0.331 e. The highest BCUT2D eigenvalue weighted by Crippen LogP contribution is 2.18. The van der Waals surface area contributed by atoms with Crippen LogP contribution in [0.25, 0.3) is 0 Å². The molecule has 1 unspecified atom stereocenters. The first kappa shape index (κ1) is 26.3. The van der Waals surface area contributed by atoms with E-state index in [2.05, 4.69) is 10.6 Å². The Hall–Kier alpha value is -1.71. The van der Waals surface area contributed by atoms with E-state index in [9.17, 15) is 14.4 Å². The molecule has 0 aromatic rings. The summed E-state index contributed by atoms with van der Waals surface area (Å²) in [6, 6.07) is -0.667. The third kappa shape index (κ3) is 11.5. The second kappa shape index (κ2) is 12.2. The fraction of sp³-hybridized carbons (Fsp3) is 0.857. The number of piperazine rings is 1. The minimum atomic E-state index is -1.02. The van der Waals surface area contributed by atoms with Gasteiger partial charge in [-0.1, -0.05) is 0 Å². The molecule has 0 aromatic heterocycles. The molecule has 0 saturated carbocycles. The quantitative estimate of drug-likeness (QED) is 0.221. The molecule has 1 aliphatic heterocycles. The molecule has 1 fully saturated rings. The van der Waals surface area contributed by atoms with E-state index in [1.165, 1.54) is 0 Å². The number of nitrogens with zero attached hydrogens (tertiary/aromatic N) is 1. The monoisotopic (exact) mass is 429 g/mol. The maximum atomic E-state index is 12.7. The molecule has 9 heteroatoms. The SMILES string of the molecule is CC(C)(C)OC(=O)CC[C@@H](C(=O)OCCCC1CNCCN1)N(C=O)OC(C)(C)C. The molecule has 1 amide bonds. The van der Waals surface area contributed by atoms with Crippen molar-refractivity contribution in [3.63, 3.8) is 0 Å². The summed E-state index contributed by atoms with van der Waals surface area (Å²) in [5.74, 6) is -1.04. The Morgan fingerprint density at radius 2 is 1.83 bits per heavy atom. The van der Waals surface area contributed by atoms with Crippen LogP contribution in [0.1, 0.15) is 67.2 Å². The minimum Gasteiger partial charge on any atom is -0.464 e. The summed E-state index contributed by atoms with van der Waals surface area (Å²) in [6.45, 7) is 13.6. The van der Waals surface area contributed by atoms with Gasteiger partial charge in [-0.25, -0.2) is 9.86 Å². The summed E-state index contributed by atoms with van der Waals surface area (Å²) in [4.78, 5) is 42.0. The smallest absolute Gasteiger partial charge is 0.331 e. The number of carbonyl (C=O) groups excluding carboxylic acids is 3. The molecular weight excluding hydrogens is 390 g/mol. The van der Waals surface area contributed by atoms with Gasteiger partial charge in [0.25, 0.3) is 0 Å². The summed E-state index contributed by atoms with van der Waals surface area (Å²) < 4.78 is 10.7. The van der Waals surface area contributed by atoms with E-state index >= 15 is 0 Å². The lowest BCUT2D eigenvalue weighted by molar-refractivity contribution is -0.236. The number of nitrogens with one attached hydrogen (secondary N) is 2. The number of hydroxylamine groups is 2. The van der Waals surface area contributed by atoms with E-state index < -0.39 is 29.2 Å². The van der Waals surface area contributed by atoms with Gasteiger partial charge in [0, 0.05) is 32.1 Å². The van der Waals surface area contributed by atoms with Gasteiger partial charge >= 0.3 is 11.9 Å². The van der Waals surface area contributed by atoms with Gasteiger partial charge in [0.1, 0.15) is 5.60 Å². The Labute approximate surface area is 180 Å². The molecule has 1 saturated heterocycles. The lowest BCUT2D eigenvalue weighted by atomic mass is 10.1. The third-order valence-electron chi connectivity index (χ3n) is 4.17. The number of ether oxygens (including phenoxy) is 2. The molecule has 1 heterocycles. The predicted molar refractivity (Wildman–Crippen MR) is 112 cm³/mol. The molecule has 1 aliphatic rings. The van der Waals surface area contributed by atoms with Crippen LogP contribution in [0.2, 0.25) is 0 Å². The van der Waals surface area contributed by atoms with Crippen molar-refractivity contribution in [3.05, 3.63) is 0 Å². The van der Waals surface area contributed by atoms with Gasteiger partial charge in [-0.15, -0.1) is 0 Å². The standard InChI is InChI=1S/C21H39N3O6/c1-20(2,3)29-18(26)10-9-17(24(15-25)30-21(4,5)6)19(27)28-13-7-8-16-14-22-11-12-23-16/h15-17,22-23H,7-14H2,1-6H3/t16?,17-/m0/s1. The molecule has 1 rings (SSSR count). The maximum absolute atomic E-state index is 12.7. The Morgan fingerprint density at radius 1 is 1.13 bits per heavy atom. The zero-order valence-electron chi connectivity index (χ0n) is 19.3. The molecule has 0 spiro atoms. The fourth-order valence-electron chi connectivity index (χ4n) is 2.99. The lowest BCUT2D eigenvalue weighted by Crippen LogP contribution is -2.48. The van der Waals surface area contributed by atoms with E-state index in [1.807, 2.05) is 0 Å². The molecule has 0 aromatic carbocycles. The fourth-order valence-corrected chi connectivity index (χ4v) is 2.99. The van der Waals surface area contributed by atoms with Crippen molar-refractivity contribution >= 4 is 18.3 Å². The van der Waals surface area contributed by atoms with Crippen molar-refractivity contribution in [2.75, 3.05) is 26.2 Å². The van der Waals surface area contributed by atoms with E-state index in [1.54, 1.807) is 41.5 Å². The molecule has 9 nitrogen and oxygen atoms in total. The summed E-state index contributed by atoms with van der Waals surface area (Å²) in [6.07, 6.45) is 2.04. The summed E-state index contributed by atoms with van der Waals surface area (Å²) in [5.41, 5.74) is -1.31. The number of amides is 1. The number of hydrogen-bond acceptors (Lipinski definition) is 8. The average Bonchev–Trinajstić information content (AvgIpc) is 2.62. The molecule has 30 heavy (non-hydrogen) atoms. The Morgan fingerprint density at radius 3 is 2.37 bits per heavy atom. The van der Waals surface area contributed by atoms with Gasteiger partial charge < -0.3 is 20.1 Å². The highest BCUT2D eigenvalue weighted by Gasteiger charge is 2.32. The normalized spacial score (nSPS) is 18.4. The summed E-state index contributed by atoms with van der Waals surface area (Å²) >= 11 is 0. The second-order valence-electron chi connectivity index (χ2n) is 9.47. The predicted octanol–water partition coefficient (Wildman–Crippen LogP) is 1.55. The largest absolute Gasteiger partial charge is 0.464 e. The van der Waals surface area contributed by atoms with E-state index in [0.717, 1.165) is 31.1 Å². The van der Waals surface area contributed by atoms with Crippen LogP contribution < -0.4 is 10.6 Å². The first-order valence-corrected chi connectivity index (χ1v) is 10.7. The second-order valence-corrected chi connectivity index (χ2v) is 9.47. The van der Waals surface area contributed by atoms with Crippen LogP contribution in [-0.4, -0.2) is 72.9 Å². The van der Waals surface area contributed by atoms with Crippen LogP contribution >= 0.6 is 0 Å². The van der Waals surface area contributed by atoms with Gasteiger partial charge in [0.15, 0.2) is 6.04 Å². The summed E-state index contributed by atoms with van der Waals surface area (Å²) in [5, 5.41) is 7.66. The average molecular weight is 430 g/mol. The molecular formula is C21H39N3O6. The first-order chi connectivity index (χ1) is 13.9. The number of carbonyl (C=O) groups is 3. The van der Waals surface area contributed by atoms with Crippen molar-refractivity contribution in [1.82, 2.24) is 15.7 Å². The van der Waals surface area contributed by atoms with Crippen molar-refractivity contribution in [1.29, 1.82) is 0 Å². The van der Waals surface area contributed by atoms with Crippen LogP contribution in [0, 0.1) is 0 Å². The van der Waals surface area contributed by atoms with Gasteiger partial charge in [-0.3, -0.25) is 14.4 Å². The highest BCUT2D eigenvalue weighted by atomic mass is 16.7.